The van der Waals surface area contributed by atoms with Gasteiger partial charge in [-0.25, -0.2) is 0 Å². The van der Waals surface area contributed by atoms with Gasteiger partial charge in [-0.2, -0.15) is 0 Å². The van der Waals surface area contributed by atoms with Crippen molar-refractivity contribution in [2.75, 3.05) is 11.9 Å². The van der Waals surface area contributed by atoms with E-state index in [1.807, 2.05) is 0 Å². The van der Waals surface area contributed by atoms with Crippen LogP contribution in [0, 0.1) is 0 Å². The number of aryl methyl sites for hydroxylation is 1. The van der Waals surface area contributed by atoms with Crippen LogP contribution in [-0.2, 0) is 6.42 Å². The minimum atomic E-state index is 0.459. The molecule has 0 amide bonds. The van der Waals surface area contributed by atoms with Crippen molar-refractivity contribution in [3.8, 4) is 0 Å². The van der Waals surface area contributed by atoms with Gasteiger partial charge in [-0.15, -0.1) is 0 Å². The predicted octanol–water partition coefficient (Wildman–Crippen LogP) is 4.29. The Kier molecular flexibility index (Phi) is 2.56. The van der Waals surface area contributed by atoms with Gasteiger partial charge in [0, 0.05) is 29.8 Å². The van der Waals surface area contributed by atoms with Gasteiger partial charge in [-0.1, -0.05) is 36.4 Å². The van der Waals surface area contributed by atoms with Gasteiger partial charge in [0.2, 0.25) is 0 Å². The van der Waals surface area contributed by atoms with Gasteiger partial charge >= 0.3 is 0 Å². The predicted molar refractivity (Wildman–Crippen MR) is 84.2 cm³/mol. The van der Waals surface area contributed by atoms with E-state index in [9.17, 15) is 0 Å². The van der Waals surface area contributed by atoms with Crippen LogP contribution in [0.3, 0.4) is 0 Å². The summed E-state index contributed by atoms with van der Waals surface area (Å²) < 4.78 is 0. The fraction of sp³-hybridized carbons (Fsp3) is 0.222. The molecule has 2 heteroatoms. The third kappa shape index (κ3) is 1.64. The number of H-pyrrole nitrogens is 1. The first-order chi connectivity index (χ1) is 9.84. The minimum Gasteiger partial charge on any atom is -0.367 e. The molecule has 1 atom stereocenters. The van der Waals surface area contributed by atoms with Crippen LogP contribution in [0.2, 0.25) is 0 Å². The molecule has 3 aromatic rings. The molecule has 2 aromatic carbocycles. The number of rotatable bonds is 1. The zero-order valence-electron chi connectivity index (χ0n) is 11.6. The Morgan fingerprint density at radius 1 is 1.05 bits per heavy atom. The van der Waals surface area contributed by atoms with Crippen LogP contribution in [0.4, 0.5) is 5.69 Å². The van der Waals surface area contributed by atoms with Crippen molar-refractivity contribution in [2.45, 2.75) is 18.9 Å². The van der Waals surface area contributed by atoms with E-state index in [0.717, 1.165) is 6.42 Å². The molecule has 2 nitrogen and oxygen atoms in total. The monoisotopic (exact) mass is 262 g/mol. The van der Waals surface area contributed by atoms with Gasteiger partial charge in [-0.3, -0.25) is 0 Å². The number of anilines is 1. The van der Waals surface area contributed by atoms with Gasteiger partial charge in [-0.05, 0) is 36.1 Å². The third-order valence-electron chi connectivity index (χ3n) is 4.51. The number of para-hydroxylation sites is 2. The van der Waals surface area contributed by atoms with Crippen LogP contribution in [-0.4, -0.2) is 12.0 Å². The summed E-state index contributed by atoms with van der Waals surface area (Å²) in [7, 11) is 2.21. The quantitative estimate of drug-likeness (QED) is 0.693. The minimum absolute atomic E-state index is 0.459. The van der Waals surface area contributed by atoms with E-state index in [0.29, 0.717) is 6.04 Å². The molecule has 1 N–H and O–H groups in total. The highest BCUT2D eigenvalue weighted by molar-refractivity contribution is 5.84. The Bertz CT molecular complexity index is 757. The number of hydrogen-bond donors (Lipinski definition) is 1. The highest BCUT2D eigenvalue weighted by atomic mass is 15.1. The normalized spacial score (nSPS) is 18.2. The van der Waals surface area contributed by atoms with Gasteiger partial charge in [0.05, 0.1) is 6.04 Å². The average Bonchev–Trinajstić information content (AvgIpc) is 2.92. The molecular formula is C18H18N2. The molecule has 100 valence electrons. The molecule has 4 rings (SSSR count). The maximum Gasteiger partial charge on any atom is 0.0563 e. The summed E-state index contributed by atoms with van der Waals surface area (Å²) in [5.41, 5.74) is 5.48. The van der Waals surface area contributed by atoms with Crippen molar-refractivity contribution < 1.29 is 0 Å². The van der Waals surface area contributed by atoms with E-state index in [2.05, 4.69) is 71.7 Å². The summed E-state index contributed by atoms with van der Waals surface area (Å²) in [6.07, 6.45) is 4.51. The second-order valence-corrected chi connectivity index (χ2v) is 5.58. The Morgan fingerprint density at radius 2 is 1.85 bits per heavy atom. The van der Waals surface area contributed by atoms with Crippen LogP contribution in [0.15, 0.2) is 54.7 Å². The second-order valence-electron chi connectivity index (χ2n) is 5.58. The number of aromatic nitrogens is 1. The third-order valence-corrected chi connectivity index (χ3v) is 4.51. The first-order valence-corrected chi connectivity index (χ1v) is 7.21. The molecule has 20 heavy (non-hydrogen) atoms. The summed E-state index contributed by atoms with van der Waals surface area (Å²) in [6, 6.07) is 17.8. The molecule has 0 spiro atoms. The fourth-order valence-corrected chi connectivity index (χ4v) is 3.45. The molecule has 0 saturated heterocycles. The van der Waals surface area contributed by atoms with Crippen molar-refractivity contribution >= 4 is 16.6 Å². The highest BCUT2D eigenvalue weighted by Crippen LogP contribution is 2.39. The topological polar surface area (TPSA) is 19.0 Å². The van der Waals surface area contributed by atoms with E-state index in [-0.39, 0.29) is 0 Å². The van der Waals surface area contributed by atoms with Gasteiger partial charge in [0.25, 0.3) is 0 Å². The number of aromatic amines is 1. The van der Waals surface area contributed by atoms with Crippen LogP contribution in [0.5, 0.6) is 0 Å². The van der Waals surface area contributed by atoms with E-state index >= 15 is 0 Å². The van der Waals surface area contributed by atoms with Crippen LogP contribution in [0.1, 0.15) is 23.6 Å². The van der Waals surface area contributed by atoms with E-state index in [1.165, 1.54) is 34.1 Å². The summed E-state index contributed by atoms with van der Waals surface area (Å²) in [5, 5.41) is 1.35. The number of nitrogens with zero attached hydrogens (tertiary/aromatic N) is 1. The molecular weight excluding hydrogens is 244 g/mol. The Morgan fingerprint density at radius 3 is 2.80 bits per heavy atom. The molecule has 0 fully saturated rings. The van der Waals surface area contributed by atoms with Crippen LogP contribution >= 0.6 is 0 Å². The molecule has 0 aliphatic carbocycles. The largest absolute Gasteiger partial charge is 0.367 e. The highest BCUT2D eigenvalue weighted by Gasteiger charge is 2.26. The number of hydrogen-bond acceptors (Lipinski definition) is 1. The second kappa shape index (κ2) is 4.41. The van der Waals surface area contributed by atoms with Crippen LogP contribution < -0.4 is 4.90 Å². The zero-order chi connectivity index (χ0) is 13.5. The van der Waals surface area contributed by atoms with Gasteiger partial charge in [0.15, 0.2) is 0 Å². The lowest BCUT2D eigenvalue weighted by Gasteiger charge is -2.36. The van der Waals surface area contributed by atoms with E-state index in [1.54, 1.807) is 0 Å². The Balaban J connectivity index is 1.81. The van der Waals surface area contributed by atoms with Crippen molar-refractivity contribution in [3.05, 3.63) is 65.9 Å². The Hall–Kier alpha value is -2.22. The fourth-order valence-electron chi connectivity index (χ4n) is 3.45. The lowest BCUT2D eigenvalue weighted by molar-refractivity contribution is 0.587. The molecule has 0 radical (unpaired) electrons. The lowest BCUT2D eigenvalue weighted by Crippen LogP contribution is -2.29. The van der Waals surface area contributed by atoms with Crippen molar-refractivity contribution in [3.63, 3.8) is 0 Å². The molecule has 1 aromatic heterocycles. The summed E-state index contributed by atoms with van der Waals surface area (Å²) in [6.45, 7) is 0. The van der Waals surface area contributed by atoms with Gasteiger partial charge in [0.1, 0.15) is 0 Å². The molecule has 1 unspecified atom stereocenters. The SMILES string of the molecule is CN1c2ccccc2CCC1c1c[nH]c2ccccc12. The summed E-state index contributed by atoms with van der Waals surface area (Å²) in [5.74, 6) is 0. The molecule has 0 saturated carbocycles. The van der Waals surface area contributed by atoms with Crippen molar-refractivity contribution in [1.82, 2.24) is 4.98 Å². The number of benzene rings is 2. The zero-order valence-corrected chi connectivity index (χ0v) is 11.6. The smallest absolute Gasteiger partial charge is 0.0563 e. The standard InChI is InChI=1S/C18H18N2/c1-20-17-9-5-2-6-13(17)10-11-18(20)15-12-19-16-8-4-3-7-14(15)16/h2-9,12,18-19H,10-11H2,1H3. The molecule has 1 aliphatic heterocycles. The maximum atomic E-state index is 3.40. The summed E-state index contributed by atoms with van der Waals surface area (Å²) >= 11 is 0. The average molecular weight is 262 g/mol. The van der Waals surface area contributed by atoms with Crippen molar-refractivity contribution in [1.29, 1.82) is 0 Å². The summed E-state index contributed by atoms with van der Waals surface area (Å²) in [4.78, 5) is 5.83. The maximum absolute atomic E-state index is 3.40. The lowest BCUT2D eigenvalue weighted by atomic mass is 9.91. The van der Waals surface area contributed by atoms with Crippen molar-refractivity contribution in [2.24, 2.45) is 0 Å². The van der Waals surface area contributed by atoms with Gasteiger partial charge < -0.3 is 9.88 Å². The van der Waals surface area contributed by atoms with Crippen LogP contribution in [0.25, 0.3) is 10.9 Å². The molecule has 2 heterocycles. The van der Waals surface area contributed by atoms with E-state index in [4.69, 9.17) is 0 Å². The Labute approximate surface area is 119 Å². The number of nitrogens with one attached hydrogen (secondary N) is 1. The van der Waals surface area contributed by atoms with E-state index < -0.39 is 0 Å². The first-order valence-electron chi connectivity index (χ1n) is 7.21. The first kappa shape index (κ1) is 11.6. The molecule has 1 aliphatic rings. The molecule has 0 bridgehead atoms. The number of fused-ring (bicyclic) bond motifs is 2.